The molecule has 1 aromatic heterocycles. The molecule has 0 bridgehead atoms. The molecule has 0 saturated carbocycles. The molecule has 2 aromatic rings. The maximum absolute atomic E-state index is 13.3. The van der Waals surface area contributed by atoms with Crippen LogP contribution in [0.25, 0.3) is 0 Å². The summed E-state index contributed by atoms with van der Waals surface area (Å²) in [4.78, 5) is 29.3. The molecule has 1 aliphatic heterocycles. The zero-order chi connectivity index (χ0) is 22.1. The second kappa shape index (κ2) is 8.90. The van der Waals surface area contributed by atoms with Crippen molar-refractivity contribution in [1.82, 2.24) is 19.7 Å². The molecule has 0 spiro atoms. The maximum Gasteiger partial charge on any atom is 0.318 e. The molecule has 2 heterocycles. The first-order valence-corrected chi connectivity index (χ1v) is 10.8. The summed E-state index contributed by atoms with van der Waals surface area (Å²) >= 11 is 12.4. The lowest BCUT2D eigenvalue weighted by molar-refractivity contribution is -0.134. The van der Waals surface area contributed by atoms with Crippen LogP contribution < -0.4 is 5.32 Å². The molecule has 162 valence electrons. The van der Waals surface area contributed by atoms with Crippen LogP contribution in [-0.2, 0) is 11.3 Å². The summed E-state index contributed by atoms with van der Waals surface area (Å²) in [5.41, 5.74) is 1.53. The summed E-state index contributed by atoms with van der Waals surface area (Å²) in [5, 5.41) is 3.85. The van der Waals surface area contributed by atoms with Crippen LogP contribution in [0.4, 0.5) is 4.79 Å². The highest BCUT2D eigenvalue weighted by Gasteiger charge is 2.33. The van der Waals surface area contributed by atoms with Gasteiger partial charge in [-0.25, -0.2) is 4.79 Å². The SMILES string of the molecule is CCN(CC(=O)N1CCn2cccc2[C@@H]1c1ccc(Cl)c(Cl)c1)C(=O)NC(C)(C)C. The summed E-state index contributed by atoms with van der Waals surface area (Å²) in [6.07, 6.45) is 2.01. The Labute approximate surface area is 187 Å². The van der Waals surface area contributed by atoms with Crippen LogP contribution in [0.5, 0.6) is 0 Å². The van der Waals surface area contributed by atoms with Gasteiger partial charge >= 0.3 is 6.03 Å². The number of likely N-dealkylation sites (N-methyl/N-ethyl adjacent to an activating group) is 1. The van der Waals surface area contributed by atoms with Crippen LogP contribution in [0.15, 0.2) is 36.5 Å². The van der Waals surface area contributed by atoms with Crippen molar-refractivity contribution in [3.05, 3.63) is 57.8 Å². The van der Waals surface area contributed by atoms with Gasteiger partial charge in [0.1, 0.15) is 6.54 Å². The second-order valence-corrected chi connectivity index (χ2v) is 9.30. The first-order chi connectivity index (χ1) is 14.1. The molecule has 0 radical (unpaired) electrons. The van der Waals surface area contributed by atoms with Crippen molar-refractivity contribution in [3.8, 4) is 0 Å². The van der Waals surface area contributed by atoms with E-state index >= 15 is 0 Å². The first kappa shape index (κ1) is 22.5. The molecule has 0 saturated heterocycles. The number of halogens is 2. The van der Waals surface area contributed by atoms with Gasteiger partial charge in [0.05, 0.1) is 16.1 Å². The molecule has 30 heavy (non-hydrogen) atoms. The molecular formula is C22H28Cl2N4O2. The number of fused-ring (bicyclic) bond motifs is 1. The number of carbonyl (C=O) groups excluding carboxylic acids is 2. The molecule has 0 fully saturated rings. The Hall–Kier alpha value is -2.18. The van der Waals surface area contributed by atoms with Gasteiger partial charge in [-0.3, -0.25) is 4.79 Å². The van der Waals surface area contributed by atoms with E-state index in [1.807, 2.05) is 57.0 Å². The Morgan fingerprint density at radius 3 is 2.53 bits per heavy atom. The van der Waals surface area contributed by atoms with Gasteiger partial charge in [0.2, 0.25) is 5.91 Å². The normalized spacial score (nSPS) is 16.2. The fourth-order valence-electron chi connectivity index (χ4n) is 3.67. The lowest BCUT2D eigenvalue weighted by atomic mass is 9.99. The largest absolute Gasteiger partial charge is 0.348 e. The molecule has 6 nitrogen and oxygen atoms in total. The molecule has 1 atom stereocenters. The Morgan fingerprint density at radius 1 is 1.17 bits per heavy atom. The number of nitrogens with one attached hydrogen (secondary N) is 1. The van der Waals surface area contributed by atoms with Crippen LogP contribution in [0, 0.1) is 0 Å². The Kier molecular flexibility index (Phi) is 6.68. The average Bonchev–Trinajstić information content (AvgIpc) is 3.14. The summed E-state index contributed by atoms with van der Waals surface area (Å²) in [6, 6.07) is 8.90. The summed E-state index contributed by atoms with van der Waals surface area (Å²) in [6.45, 7) is 9.31. The molecule has 3 amide bonds. The van der Waals surface area contributed by atoms with Crippen LogP contribution >= 0.6 is 23.2 Å². The van der Waals surface area contributed by atoms with Crippen molar-refractivity contribution in [2.24, 2.45) is 0 Å². The topological polar surface area (TPSA) is 57.6 Å². The van der Waals surface area contributed by atoms with E-state index in [2.05, 4.69) is 9.88 Å². The number of aromatic nitrogens is 1. The smallest absolute Gasteiger partial charge is 0.318 e. The molecule has 0 unspecified atom stereocenters. The van der Waals surface area contributed by atoms with Crippen LogP contribution in [0.3, 0.4) is 0 Å². The highest BCUT2D eigenvalue weighted by atomic mass is 35.5. The van der Waals surface area contributed by atoms with Gasteiger partial charge in [0, 0.05) is 37.1 Å². The van der Waals surface area contributed by atoms with Gasteiger partial charge in [0.25, 0.3) is 0 Å². The van der Waals surface area contributed by atoms with E-state index in [0.717, 1.165) is 11.3 Å². The average molecular weight is 451 g/mol. The van der Waals surface area contributed by atoms with Crippen molar-refractivity contribution in [1.29, 1.82) is 0 Å². The van der Waals surface area contributed by atoms with Crippen molar-refractivity contribution in [2.75, 3.05) is 19.6 Å². The maximum atomic E-state index is 13.3. The minimum atomic E-state index is -0.373. The van der Waals surface area contributed by atoms with E-state index in [4.69, 9.17) is 23.2 Å². The zero-order valence-electron chi connectivity index (χ0n) is 17.8. The molecule has 0 aliphatic carbocycles. The highest BCUT2D eigenvalue weighted by Crippen LogP contribution is 2.35. The van der Waals surface area contributed by atoms with E-state index in [-0.39, 0.29) is 30.1 Å². The number of urea groups is 1. The zero-order valence-corrected chi connectivity index (χ0v) is 19.3. The Morgan fingerprint density at radius 2 is 1.90 bits per heavy atom. The van der Waals surface area contributed by atoms with Crippen molar-refractivity contribution >= 4 is 35.1 Å². The third-order valence-electron chi connectivity index (χ3n) is 5.10. The molecule has 3 rings (SSSR count). The number of carbonyl (C=O) groups is 2. The van der Waals surface area contributed by atoms with E-state index in [1.54, 1.807) is 12.1 Å². The second-order valence-electron chi connectivity index (χ2n) is 8.48. The number of nitrogens with zero attached hydrogens (tertiary/aromatic N) is 3. The Bertz CT molecular complexity index is 935. The van der Waals surface area contributed by atoms with Crippen LogP contribution in [0.1, 0.15) is 45.0 Å². The molecule has 1 aliphatic rings. The number of amides is 3. The molecular weight excluding hydrogens is 423 g/mol. The van der Waals surface area contributed by atoms with Crippen molar-refractivity contribution in [2.45, 2.75) is 45.8 Å². The summed E-state index contributed by atoms with van der Waals surface area (Å²) < 4.78 is 2.14. The fraction of sp³-hybridized carbons (Fsp3) is 0.455. The third kappa shape index (κ3) is 4.93. The van der Waals surface area contributed by atoms with Gasteiger partial charge in [-0.2, -0.15) is 0 Å². The fourth-order valence-corrected chi connectivity index (χ4v) is 3.97. The van der Waals surface area contributed by atoms with Gasteiger partial charge in [0.15, 0.2) is 0 Å². The predicted octanol–water partition coefficient (Wildman–Crippen LogP) is 4.56. The number of hydrogen-bond donors (Lipinski definition) is 1. The number of hydrogen-bond acceptors (Lipinski definition) is 2. The summed E-state index contributed by atoms with van der Waals surface area (Å²) in [5.74, 6) is -0.107. The minimum Gasteiger partial charge on any atom is -0.348 e. The van der Waals surface area contributed by atoms with E-state index < -0.39 is 0 Å². The quantitative estimate of drug-likeness (QED) is 0.741. The van der Waals surface area contributed by atoms with E-state index in [1.165, 1.54) is 4.90 Å². The van der Waals surface area contributed by atoms with Gasteiger partial charge < -0.3 is 19.7 Å². The van der Waals surface area contributed by atoms with Gasteiger partial charge in [-0.05, 0) is 57.5 Å². The van der Waals surface area contributed by atoms with Crippen LogP contribution in [-0.4, -0.2) is 51.5 Å². The van der Waals surface area contributed by atoms with Crippen LogP contribution in [0.2, 0.25) is 10.0 Å². The molecule has 8 heteroatoms. The minimum absolute atomic E-state index is 0.0109. The third-order valence-corrected chi connectivity index (χ3v) is 5.83. The van der Waals surface area contributed by atoms with Crippen molar-refractivity contribution in [3.63, 3.8) is 0 Å². The molecule has 1 N–H and O–H groups in total. The summed E-state index contributed by atoms with van der Waals surface area (Å²) in [7, 11) is 0. The molecule has 1 aromatic carbocycles. The number of benzene rings is 1. The number of rotatable bonds is 4. The predicted molar refractivity (Wildman–Crippen MR) is 120 cm³/mol. The highest BCUT2D eigenvalue weighted by molar-refractivity contribution is 6.42. The Balaban J connectivity index is 1.88. The standard InChI is InChI=1S/C22H28Cl2N4O2/c1-5-26(21(30)25-22(2,3)4)14-19(29)28-12-11-27-10-6-7-18(27)20(28)15-8-9-16(23)17(24)13-15/h6-10,13,20H,5,11-12,14H2,1-4H3,(H,25,30)/t20-/m0/s1. The first-order valence-electron chi connectivity index (χ1n) is 10.1. The van der Waals surface area contributed by atoms with Gasteiger partial charge in [-0.1, -0.05) is 29.3 Å². The van der Waals surface area contributed by atoms with Crippen molar-refractivity contribution < 1.29 is 9.59 Å². The van der Waals surface area contributed by atoms with Gasteiger partial charge in [-0.15, -0.1) is 0 Å². The lowest BCUT2D eigenvalue weighted by Crippen LogP contribution is -2.52. The van der Waals surface area contributed by atoms with E-state index in [0.29, 0.717) is 29.7 Å². The van der Waals surface area contributed by atoms with E-state index in [9.17, 15) is 9.59 Å². The lowest BCUT2D eigenvalue weighted by Gasteiger charge is -2.38. The monoisotopic (exact) mass is 450 g/mol.